The quantitative estimate of drug-likeness (QED) is 0.178. The molecule has 0 aliphatic carbocycles. The van der Waals surface area contributed by atoms with Crippen LogP contribution in [0.4, 0.5) is 75.4 Å². The zero-order chi connectivity index (χ0) is 33.8. The molecule has 0 aliphatic heterocycles. The fraction of sp³-hybridized carbons (Fsp3) is 0.545. The van der Waals surface area contributed by atoms with Crippen LogP contribution in [0.1, 0.15) is 31.7 Å². The number of halogens is 17. The van der Waals surface area contributed by atoms with Gasteiger partial charge in [-0.15, -0.1) is 11.3 Å². The molecule has 1 aromatic heterocycles. The molecule has 0 spiro atoms. The molecule has 1 amide bonds. The van der Waals surface area contributed by atoms with Crippen LogP contribution >= 0.6 is 22.9 Å². The lowest BCUT2D eigenvalue weighted by molar-refractivity contribution is -0.445. The highest BCUT2D eigenvalue weighted by atomic mass is 35.5. The minimum Gasteiger partial charge on any atom is -0.296 e. The van der Waals surface area contributed by atoms with Crippen LogP contribution in [-0.4, -0.2) is 57.7 Å². The van der Waals surface area contributed by atoms with E-state index in [1.54, 1.807) is 12.1 Å². The van der Waals surface area contributed by atoms with Crippen molar-refractivity contribution < 1.29 is 75.0 Å². The van der Waals surface area contributed by atoms with E-state index in [0.717, 1.165) is 22.7 Å². The molecule has 2 aromatic rings. The Kier molecular flexibility index (Phi) is 9.50. The van der Waals surface area contributed by atoms with Gasteiger partial charge in [-0.1, -0.05) is 38.1 Å². The van der Waals surface area contributed by atoms with E-state index in [4.69, 9.17) is 0 Å². The van der Waals surface area contributed by atoms with E-state index in [9.17, 15) is 75.0 Å². The molecule has 0 saturated carbocycles. The monoisotopic (exact) mass is 694 g/mol. The van der Waals surface area contributed by atoms with E-state index in [1.165, 1.54) is 12.1 Å². The van der Waals surface area contributed by atoms with Gasteiger partial charge in [0.1, 0.15) is 0 Å². The zero-order valence-corrected chi connectivity index (χ0v) is 22.4. The topological polar surface area (TPSA) is 42.0 Å². The lowest BCUT2D eigenvalue weighted by atomic mass is 9.89. The number of aromatic nitrogens is 1. The second-order valence-electron chi connectivity index (χ2n) is 8.94. The number of nitrogens with one attached hydrogen (secondary N) is 1. The maximum Gasteiger partial charge on any atom is 0.393 e. The Balaban J connectivity index is 2.42. The van der Waals surface area contributed by atoms with Crippen molar-refractivity contribution in [3.05, 3.63) is 35.2 Å². The average molecular weight is 695 g/mol. The minimum atomic E-state index is -8.65. The van der Waals surface area contributed by atoms with Gasteiger partial charge in [-0.25, -0.2) is 4.98 Å². The van der Waals surface area contributed by atoms with Crippen molar-refractivity contribution in [2.45, 2.75) is 73.0 Å². The molecule has 0 fully saturated rings. The van der Waals surface area contributed by atoms with E-state index < -0.39 is 57.9 Å². The molecule has 0 bridgehead atoms. The molecule has 1 heterocycles. The first-order valence-corrected chi connectivity index (χ1v) is 12.4. The number of nitrogens with zero attached hydrogens (tertiary/aromatic N) is 1. The third-order valence-electron chi connectivity index (χ3n) is 6.12. The Bertz CT molecular complexity index is 1310. The summed E-state index contributed by atoms with van der Waals surface area (Å²) in [6.45, 7) is 3.76. The van der Waals surface area contributed by atoms with Gasteiger partial charge in [-0.2, -0.15) is 70.2 Å². The zero-order valence-electron chi connectivity index (χ0n) is 20.9. The Morgan fingerprint density at radius 1 is 0.767 bits per heavy atom. The highest BCUT2D eigenvalue weighted by Gasteiger charge is 2.95. The van der Waals surface area contributed by atoms with Crippen molar-refractivity contribution in [1.82, 2.24) is 4.98 Å². The van der Waals surface area contributed by atoms with Crippen LogP contribution in [0.2, 0.25) is 0 Å². The van der Waals surface area contributed by atoms with Gasteiger partial charge < -0.3 is 0 Å². The lowest BCUT2D eigenvalue weighted by Crippen LogP contribution is -2.75. The van der Waals surface area contributed by atoms with Crippen molar-refractivity contribution in [3.63, 3.8) is 0 Å². The summed E-state index contributed by atoms with van der Waals surface area (Å²) in [5, 5.41) is -6.07. The SMILES string of the molecule is CCC(C)c1ccc(-c2csc(NC(=O)C(F)(F)C(F)(F)C(F)(F)C(F)(F)C(F)(F)C(F)(F)C(F)(F)C(F)(F)Cl)n2)cc1. The number of benzene rings is 1. The molecule has 1 atom stereocenters. The van der Waals surface area contributed by atoms with Gasteiger partial charge in [-0.05, 0) is 29.5 Å². The molecule has 3 nitrogen and oxygen atoms in total. The summed E-state index contributed by atoms with van der Waals surface area (Å²) in [4.78, 5) is 15.3. The van der Waals surface area contributed by atoms with E-state index in [1.807, 2.05) is 13.8 Å². The summed E-state index contributed by atoms with van der Waals surface area (Å²) >= 11 is 3.67. The maximum atomic E-state index is 14.2. The summed E-state index contributed by atoms with van der Waals surface area (Å²) in [6, 6.07) is 6.13. The predicted molar refractivity (Wildman–Crippen MR) is 120 cm³/mol. The van der Waals surface area contributed by atoms with E-state index in [2.05, 4.69) is 16.6 Å². The summed E-state index contributed by atoms with van der Waals surface area (Å²) in [6.07, 6.45) is 0.742. The summed E-state index contributed by atoms with van der Waals surface area (Å²) in [7, 11) is 0. The molecule has 0 saturated heterocycles. The fourth-order valence-corrected chi connectivity index (χ4v) is 4.00. The van der Waals surface area contributed by atoms with Gasteiger partial charge in [0.25, 0.3) is 0 Å². The van der Waals surface area contributed by atoms with Gasteiger partial charge in [0, 0.05) is 10.9 Å². The molecule has 0 radical (unpaired) electrons. The third kappa shape index (κ3) is 5.61. The molecule has 43 heavy (non-hydrogen) atoms. The van der Waals surface area contributed by atoms with Gasteiger partial charge in [0.15, 0.2) is 5.13 Å². The molecule has 1 unspecified atom stereocenters. The third-order valence-corrected chi connectivity index (χ3v) is 7.11. The van der Waals surface area contributed by atoms with E-state index in [0.29, 0.717) is 0 Å². The highest BCUT2D eigenvalue weighted by molar-refractivity contribution is 7.14. The first kappa shape index (κ1) is 36.7. The second-order valence-corrected chi connectivity index (χ2v) is 10.3. The Morgan fingerprint density at radius 3 is 1.60 bits per heavy atom. The Hall–Kier alpha value is -2.51. The molecular weight excluding hydrogens is 680 g/mol. The molecule has 0 aliphatic rings. The van der Waals surface area contributed by atoms with Crippen molar-refractivity contribution in [1.29, 1.82) is 0 Å². The van der Waals surface area contributed by atoms with Crippen LogP contribution in [0.5, 0.6) is 0 Å². The largest absolute Gasteiger partial charge is 0.393 e. The minimum absolute atomic E-state index is 0.109. The second kappa shape index (κ2) is 11.1. The van der Waals surface area contributed by atoms with Crippen LogP contribution in [0, 0.1) is 0 Å². The molecule has 1 aromatic carbocycles. The van der Waals surface area contributed by atoms with Crippen LogP contribution in [0.3, 0.4) is 0 Å². The number of hydrogen-bond donors (Lipinski definition) is 1. The summed E-state index contributed by atoms with van der Waals surface area (Å²) < 4.78 is 218. The number of thiazole rings is 1. The van der Waals surface area contributed by atoms with Crippen molar-refractivity contribution in [2.75, 3.05) is 5.32 Å². The maximum absolute atomic E-state index is 14.2. The van der Waals surface area contributed by atoms with Crippen LogP contribution in [-0.2, 0) is 4.79 Å². The van der Waals surface area contributed by atoms with Gasteiger partial charge in [0.2, 0.25) is 0 Å². The van der Waals surface area contributed by atoms with Crippen molar-refractivity contribution >= 4 is 34.0 Å². The fourth-order valence-electron chi connectivity index (χ4n) is 3.16. The molecule has 1 N–H and O–H groups in total. The Labute approximate surface area is 239 Å². The molecule has 21 heteroatoms. The standard InChI is InChI=1S/C22H15ClF16N2OS/c1-3-9(2)10-4-6-11(7-5-10)12-8-43-14(40-12)41-13(42)15(24,25)16(26,27)17(28,29)18(30,31)19(32,33)20(34,35)21(36,37)22(23,38)39/h4-9H,3H2,1-2H3,(H,40,41,42). The highest BCUT2D eigenvalue weighted by Crippen LogP contribution is 2.64. The van der Waals surface area contributed by atoms with Crippen LogP contribution in [0.15, 0.2) is 29.6 Å². The van der Waals surface area contributed by atoms with Gasteiger partial charge in [-0.3, -0.25) is 10.1 Å². The van der Waals surface area contributed by atoms with E-state index in [-0.39, 0.29) is 28.5 Å². The number of carbonyl (C=O) groups is 1. The predicted octanol–water partition coefficient (Wildman–Crippen LogP) is 9.54. The van der Waals surface area contributed by atoms with Crippen molar-refractivity contribution in [2.24, 2.45) is 0 Å². The number of carbonyl (C=O) groups excluding carboxylic acids is 1. The van der Waals surface area contributed by atoms with Crippen molar-refractivity contribution in [3.8, 4) is 11.3 Å². The number of amides is 1. The summed E-state index contributed by atoms with van der Waals surface area (Å²) in [5.74, 6) is -60.7. The average Bonchev–Trinajstić information content (AvgIpc) is 3.35. The van der Waals surface area contributed by atoms with E-state index >= 15 is 0 Å². The van der Waals surface area contributed by atoms with Crippen LogP contribution in [0.25, 0.3) is 11.3 Å². The van der Waals surface area contributed by atoms with Gasteiger partial charge in [0.05, 0.1) is 5.69 Å². The number of alkyl halides is 17. The summed E-state index contributed by atoms with van der Waals surface area (Å²) in [5.41, 5.74) is 0.967. The van der Waals surface area contributed by atoms with Crippen LogP contribution < -0.4 is 5.32 Å². The normalized spacial score (nSPS) is 15.4. The number of hydrogen-bond acceptors (Lipinski definition) is 3. The lowest BCUT2D eigenvalue weighted by Gasteiger charge is -2.42. The molecule has 2 rings (SSSR count). The Morgan fingerprint density at radius 2 is 1.19 bits per heavy atom. The first-order valence-electron chi connectivity index (χ1n) is 11.1. The van der Waals surface area contributed by atoms with Gasteiger partial charge >= 0.3 is 52.7 Å². The number of anilines is 1. The first-order chi connectivity index (χ1) is 19.1. The number of rotatable bonds is 12. The molecular formula is C22H15ClF16N2OS. The molecule has 244 valence electrons. The smallest absolute Gasteiger partial charge is 0.296 e.